The highest BCUT2D eigenvalue weighted by molar-refractivity contribution is 6.33. The zero-order valence-corrected chi connectivity index (χ0v) is 14.9. The minimum absolute atomic E-state index is 0.318. The maximum absolute atomic E-state index is 13.0. The summed E-state index contributed by atoms with van der Waals surface area (Å²) in [6.07, 6.45) is -7.13. The van der Waals surface area contributed by atoms with E-state index in [0.717, 1.165) is 0 Å². The van der Waals surface area contributed by atoms with Gasteiger partial charge in [0.1, 0.15) is 17.1 Å². The van der Waals surface area contributed by atoms with Gasteiger partial charge in [-0.15, -0.1) is 0 Å². The highest BCUT2D eigenvalue weighted by atomic mass is 35.5. The molecule has 0 spiro atoms. The molecule has 11 heteroatoms. The van der Waals surface area contributed by atoms with Crippen molar-refractivity contribution < 1.29 is 22.3 Å². The third kappa shape index (κ3) is 3.90. The fourth-order valence-electron chi connectivity index (χ4n) is 2.37. The van der Waals surface area contributed by atoms with Crippen LogP contribution in [0.4, 0.5) is 23.4 Å². The number of hydrogen-bond donors (Lipinski definition) is 1. The van der Waals surface area contributed by atoms with Gasteiger partial charge in [0, 0.05) is 6.04 Å². The Labute approximate surface area is 156 Å². The SMILES string of the molecule is Cc1nc2ncnn2c(N[C@@H](C)c2ccc(OC(F)(F)C(F)F)cc2)c1Cl. The minimum atomic E-state index is -4.55. The van der Waals surface area contributed by atoms with Crippen molar-refractivity contribution in [1.82, 2.24) is 19.6 Å². The van der Waals surface area contributed by atoms with Crippen molar-refractivity contribution in [3.63, 3.8) is 0 Å². The van der Waals surface area contributed by atoms with Crippen LogP contribution in [0.2, 0.25) is 5.02 Å². The first-order valence-electron chi connectivity index (χ1n) is 7.76. The summed E-state index contributed by atoms with van der Waals surface area (Å²) >= 11 is 6.30. The van der Waals surface area contributed by atoms with Gasteiger partial charge in [-0.05, 0) is 31.5 Å². The topological polar surface area (TPSA) is 64.3 Å². The molecule has 1 N–H and O–H groups in total. The Kier molecular flexibility index (Phi) is 5.09. The van der Waals surface area contributed by atoms with Crippen molar-refractivity contribution in [2.75, 3.05) is 5.32 Å². The molecule has 2 aromatic heterocycles. The molecule has 0 amide bonds. The number of ether oxygens (including phenoxy) is 1. The van der Waals surface area contributed by atoms with Crippen molar-refractivity contribution in [2.45, 2.75) is 32.4 Å². The smallest absolute Gasteiger partial charge is 0.428 e. The molecule has 0 aliphatic heterocycles. The van der Waals surface area contributed by atoms with E-state index in [1.54, 1.807) is 13.8 Å². The Morgan fingerprint density at radius 1 is 1.22 bits per heavy atom. The molecular formula is C16H14ClF4N5O. The molecule has 0 fully saturated rings. The summed E-state index contributed by atoms with van der Waals surface area (Å²) in [7, 11) is 0. The summed E-state index contributed by atoms with van der Waals surface area (Å²) in [6, 6.07) is 5.02. The largest absolute Gasteiger partial charge is 0.461 e. The van der Waals surface area contributed by atoms with Crippen LogP contribution in [-0.4, -0.2) is 32.1 Å². The van der Waals surface area contributed by atoms with Gasteiger partial charge in [0.2, 0.25) is 0 Å². The predicted octanol–water partition coefficient (Wildman–Crippen LogP) is 4.50. The molecule has 2 heterocycles. The summed E-state index contributed by atoms with van der Waals surface area (Å²) in [6.45, 7) is 3.53. The lowest BCUT2D eigenvalue weighted by Gasteiger charge is -2.19. The van der Waals surface area contributed by atoms with E-state index >= 15 is 0 Å². The lowest BCUT2D eigenvalue weighted by atomic mass is 10.1. The highest BCUT2D eigenvalue weighted by Gasteiger charge is 2.43. The number of aromatic nitrogens is 4. The van der Waals surface area contributed by atoms with Gasteiger partial charge in [0.05, 0.1) is 5.69 Å². The predicted molar refractivity (Wildman–Crippen MR) is 90.6 cm³/mol. The average Bonchev–Trinajstić information content (AvgIpc) is 3.07. The number of alkyl halides is 4. The number of fused-ring (bicyclic) bond motifs is 1. The van der Waals surface area contributed by atoms with E-state index in [1.807, 2.05) is 0 Å². The number of anilines is 1. The van der Waals surface area contributed by atoms with Crippen LogP contribution in [0.5, 0.6) is 5.75 Å². The summed E-state index contributed by atoms with van der Waals surface area (Å²) < 4.78 is 55.8. The van der Waals surface area contributed by atoms with Crippen LogP contribution in [0.25, 0.3) is 5.78 Å². The number of aryl methyl sites for hydroxylation is 1. The quantitative estimate of drug-likeness (QED) is 0.614. The number of rotatable bonds is 6. The Balaban J connectivity index is 1.80. The fourth-order valence-corrected chi connectivity index (χ4v) is 2.55. The fraction of sp³-hybridized carbons (Fsp3) is 0.312. The van der Waals surface area contributed by atoms with Crippen LogP contribution in [0.15, 0.2) is 30.6 Å². The number of hydrogen-bond acceptors (Lipinski definition) is 5. The van der Waals surface area contributed by atoms with E-state index in [0.29, 0.717) is 27.9 Å². The van der Waals surface area contributed by atoms with Crippen LogP contribution in [0.3, 0.4) is 0 Å². The number of halogens is 5. The van der Waals surface area contributed by atoms with Crippen LogP contribution in [-0.2, 0) is 0 Å². The molecule has 0 saturated carbocycles. The number of benzene rings is 1. The first-order valence-corrected chi connectivity index (χ1v) is 8.14. The molecular weight excluding hydrogens is 390 g/mol. The van der Waals surface area contributed by atoms with Crippen LogP contribution >= 0.6 is 11.6 Å². The zero-order valence-electron chi connectivity index (χ0n) is 14.1. The molecule has 0 radical (unpaired) electrons. The standard InChI is InChI=1S/C16H14ClF4N5O/c1-8(10-3-5-11(6-4-10)27-16(20,21)14(18)19)24-13-12(17)9(2)25-15-22-7-23-26(13)15/h3-8,14,24H,1-2H3/t8-/m0/s1. The molecule has 0 saturated heterocycles. The lowest BCUT2D eigenvalue weighted by Crippen LogP contribution is -2.33. The van der Waals surface area contributed by atoms with Gasteiger partial charge in [-0.2, -0.15) is 32.2 Å². The molecule has 3 aromatic rings. The van der Waals surface area contributed by atoms with Gasteiger partial charge in [0.15, 0.2) is 5.82 Å². The monoisotopic (exact) mass is 403 g/mol. The molecule has 0 aliphatic carbocycles. The molecule has 6 nitrogen and oxygen atoms in total. The summed E-state index contributed by atoms with van der Waals surface area (Å²) in [4.78, 5) is 8.22. The van der Waals surface area contributed by atoms with Gasteiger partial charge in [-0.3, -0.25) is 0 Å². The average molecular weight is 404 g/mol. The van der Waals surface area contributed by atoms with Gasteiger partial charge < -0.3 is 10.1 Å². The van der Waals surface area contributed by atoms with Gasteiger partial charge in [-0.25, -0.2) is 4.98 Å². The molecule has 0 unspecified atom stereocenters. The Bertz CT molecular complexity index is 948. The van der Waals surface area contributed by atoms with Gasteiger partial charge in [0.25, 0.3) is 5.78 Å². The molecule has 0 bridgehead atoms. The maximum Gasteiger partial charge on any atom is 0.461 e. The van der Waals surface area contributed by atoms with E-state index in [2.05, 4.69) is 25.1 Å². The van der Waals surface area contributed by atoms with Crippen LogP contribution in [0, 0.1) is 6.92 Å². The third-order valence-corrected chi connectivity index (χ3v) is 4.23. The Morgan fingerprint density at radius 2 is 1.89 bits per heavy atom. The third-order valence-electron chi connectivity index (χ3n) is 3.78. The van der Waals surface area contributed by atoms with Crippen LogP contribution in [0.1, 0.15) is 24.2 Å². The second-order valence-electron chi connectivity index (χ2n) is 5.73. The lowest BCUT2D eigenvalue weighted by molar-refractivity contribution is -0.253. The molecule has 27 heavy (non-hydrogen) atoms. The van der Waals surface area contributed by atoms with E-state index < -0.39 is 12.5 Å². The molecule has 144 valence electrons. The van der Waals surface area contributed by atoms with Crippen LogP contribution < -0.4 is 10.1 Å². The van der Waals surface area contributed by atoms with Gasteiger partial charge in [-0.1, -0.05) is 23.7 Å². The number of nitrogens with zero attached hydrogens (tertiary/aromatic N) is 4. The normalized spacial score (nSPS) is 13.2. The maximum atomic E-state index is 13.0. The molecule has 0 aliphatic rings. The highest BCUT2D eigenvalue weighted by Crippen LogP contribution is 2.30. The van der Waals surface area contributed by atoms with E-state index in [1.165, 1.54) is 35.1 Å². The second-order valence-corrected chi connectivity index (χ2v) is 6.11. The minimum Gasteiger partial charge on any atom is -0.428 e. The summed E-state index contributed by atoms with van der Waals surface area (Å²) in [5, 5.41) is 7.58. The summed E-state index contributed by atoms with van der Waals surface area (Å²) in [5.74, 6) is 0.464. The number of nitrogens with one attached hydrogen (secondary N) is 1. The van der Waals surface area contributed by atoms with Gasteiger partial charge >= 0.3 is 12.5 Å². The Hall–Kier alpha value is -2.62. The first kappa shape index (κ1) is 19.2. The van der Waals surface area contributed by atoms with Crippen molar-refractivity contribution in [2.24, 2.45) is 0 Å². The Morgan fingerprint density at radius 3 is 2.52 bits per heavy atom. The molecule has 1 atom stereocenters. The van der Waals surface area contributed by atoms with Crippen molar-refractivity contribution >= 4 is 23.2 Å². The zero-order chi connectivity index (χ0) is 19.8. The molecule has 1 aromatic carbocycles. The van der Waals surface area contributed by atoms with E-state index in [9.17, 15) is 17.6 Å². The van der Waals surface area contributed by atoms with Crippen molar-refractivity contribution in [3.05, 3.63) is 46.9 Å². The molecule has 3 rings (SSSR count). The van der Waals surface area contributed by atoms with E-state index in [-0.39, 0.29) is 11.8 Å². The second kappa shape index (κ2) is 7.18. The summed E-state index contributed by atoms with van der Waals surface area (Å²) in [5.41, 5.74) is 1.24. The van der Waals surface area contributed by atoms with Crippen molar-refractivity contribution in [1.29, 1.82) is 0 Å². The van der Waals surface area contributed by atoms with Crippen molar-refractivity contribution in [3.8, 4) is 5.75 Å². The van der Waals surface area contributed by atoms with E-state index in [4.69, 9.17) is 11.6 Å². The first-order chi connectivity index (χ1) is 12.7.